The molecule has 2 heterocycles. The molecule has 0 radical (unpaired) electrons. The second-order valence-electron chi connectivity index (χ2n) is 7.18. The molecular weight excluding hydrogens is 423 g/mol. The number of halogens is 2. The topological polar surface area (TPSA) is 133 Å². The molecule has 1 aliphatic rings. The Labute approximate surface area is 184 Å². The van der Waals surface area contributed by atoms with Gasteiger partial charge < -0.3 is 26.8 Å². The molecule has 0 saturated carbocycles. The molecule has 0 aliphatic carbocycles. The van der Waals surface area contributed by atoms with Gasteiger partial charge in [-0.05, 0) is 26.0 Å². The minimum atomic E-state index is -0.519. The molecule has 6 N–H and O–H groups in total. The van der Waals surface area contributed by atoms with Gasteiger partial charge in [0.15, 0.2) is 5.82 Å². The van der Waals surface area contributed by atoms with E-state index in [2.05, 4.69) is 9.97 Å². The summed E-state index contributed by atoms with van der Waals surface area (Å²) in [5, 5.41) is 0.493. The lowest BCUT2D eigenvalue weighted by atomic mass is 10.1. The molecule has 0 saturated heterocycles. The molecule has 0 unspecified atom stereocenters. The van der Waals surface area contributed by atoms with Gasteiger partial charge >= 0.3 is 0 Å². The average Bonchev–Trinajstić information content (AvgIpc) is 3.12. The maximum atomic E-state index is 13.8. The summed E-state index contributed by atoms with van der Waals surface area (Å²) >= 11 is 6.15. The summed E-state index contributed by atoms with van der Waals surface area (Å²) in [4.78, 5) is 23.5. The third-order valence-electron chi connectivity index (χ3n) is 4.87. The van der Waals surface area contributed by atoms with Crippen LogP contribution < -0.4 is 21.9 Å². The fraction of sp³-hybridized carbons (Fsp3) is 0.286. The second kappa shape index (κ2) is 9.22. The zero-order valence-corrected chi connectivity index (χ0v) is 18.0. The molecule has 1 aliphatic heterocycles. The van der Waals surface area contributed by atoms with Crippen LogP contribution in [0.4, 0.5) is 4.39 Å². The molecule has 1 aromatic carbocycles. The average molecular weight is 447 g/mol. The minimum absolute atomic E-state index is 0.122. The first-order valence-corrected chi connectivity index (χ1v) is 9.95. The van der Waals surface area contributed by atoms with E-state index in [0.717, 1.165) is 0 Å². The van der Waals surface area contributed by atoms with E-state index in [1.165, 1.54) is 29.3 Å². The highest BCUT2D eigenvalue weighted by molar-refractivity contribution is 6.31. The van der Waals surface area contributed by atoms with Crippen LogP contribution >= 0.6 is 11.6 Å². The van der Waals surface area contributed by atoms with E-state index in [9.17, 15) is 9.18 Å². The van der Waals surface area contributed by atoms with Gasteiger partial charge in [0.05, 0.1) is 41.7 Å². The van der Waals surface area contributed by atoms with Gasteiger partial charge in [-0.3, -0.25) is 4.79 Å². The van der Waals surface area contributed by atoms with Gasteiger partial charge in [-0.15, -0.1) is 0 Å². The third-order valence-corrected chi connectivity index (χ3v) is 5.42. The van der Waals surface area contributed by atoms with Crippen LogP contribution in [0.5, 0.6) is 5.75 Å². The van der Waals surface area contributed by atoms with Gasteiger partial charge in [0.2, 0.25) is 0 Å². The monoisotopic (exact) mass is 446 g/mol. The second-order valence-corrected chi connectivity index (χ2v) is 7.56. The van der Waals surface area contributed by atoms with Gasteiger partial charge in [0.1, 0.15) is 11.6 Å². The fourth-order valence-corrected chi connectivity index (χ4v) is 3.25. The van der Waals surface area contributed by atoms with Crippen molar-refractivity contribution in [1.82, 2.24) is 14.9 Å². The molecule has 8 nitrogen and oxygen atoms in total. The maximum absolute atomic E-state index is 13.8. The van der Waals surface area contributed by atoms with Crippen LogP contribution in [0.2, 0.25) is 5.02 Å². The highest BCUT2D eigenvalue weighted by Crippen LogP contribution is 2.28. The Hall–Kier alpha value is -3.33. The molecule has 10 heteroatoms. The van der Waals surface area contributed by atoms with Gasteiger partial charge in [-0.25, -0.2) is 14.4 Å². The summed E-state index contributed by atoms with van der Waals surface area (Å²) in [6.45, 7) is 4.11. The van der Waals surface area contributed by atoms with Crippen LogP contribution in [0.25, 0.3) is 5.57 Å². The number of ether oxygens (including phenoxy) is 1. The Morgan fingerprint density at radius 2 is 1.97 bits per heavy atom. The quantitative estimate of drug-likeness (QED) is 0.619. The molecule has 0 atom stereocenters. The van der Waals surface area contributed by atoms with E-state index in [1.54, 1.807) is 13.8 Å². The first kappa shape index (κ1) is 22.4. The van der Waals surface area contributed by atoms with E-state index in [1.807, 2.05) is 0 Å². The molecular formula is C21H24ClFN6O2. The number of rotatable bonds is 6. The first-order valence-electron chi connectivity index (χ1n) is 9.57. The number of carbonyl (C=O) groups excluding carboxylic acids is 1. The van der Waals surface area contributed by atoms with Crippen LogP contribution in [0, 0.1) is 19.7 Å². The van der Waals surface area contributed by atoms with E-state index < -0.39 is 5.82 Å². The third kappa shape index (κ3) is 4.88. The number of aryl methyl sites for hydroxylation is 2. The molecule has 0 fully saturated rings. The SMILES string of the molecule is Cc1nc(C2=C(N)CN(C(=O)c3ccc(F)cc3OCC/C(N)=C/N)C2)nc(C)c1Cl. The van der Waals surface area contributed by atoms with Gasteiger partial charge in [-0.1, -0.05) is 11.6 Å². The largest absolute Gasteiger partial charge is 0.492 e. The number of nitrogens with zero attached hydrogens (tertiary/aromatic N) is 3. The van der Waals surface area contributed by atoms with E-state index in [0.29, 0.717) is 45.6 Å². The van der Waals surface area contributed by atoms with Crippen LogP contribution in [0.3, 0.4) is 0 Å². The summed E-state index contributed by atoms with van der Waals surface area (Å²) in [6, 6.07) is 3.76. The van der Waals surface area contributed by atoms with Crippen molar-refractivity contribution in [1.29, 1.82) is 0 Å². The fourth-order valence-electron chi connectivity index (χ4n) is 3.17. The Balaban J connectivity index is 1.80. The Bertz CT molecular complexity index is 1060. The lowest BCUT2D eigenvalue weighted by Gasteiger charge is -2.19. The standard InChI is InChI=1S/C21H24ClFN6O2/c1-11-19(22)12(2)28-20(27-11)16-9-29(10-17(16)26)21(30)15-4-3-13(23)7-18(15)31-6-5-14(25)8-24/h3-4,7-8H,5-6,9-10,24-26H2,1-2H3/b14-8-. The van der Waals surface area contributed by atoms with E-state index in [-0.39, 0.29) is 36.9 Å². The summed E-state index contributed by atoms with van der Waals surface area (Å²) in [5.41, 5.74) is 20.2. The lowest BCUT2D eigenvalue weighted by molar-refractivity contribution is 0.0794. The van der Waals surface area contributed by atoms with Crippen molar-refractivity contribution >= 4 is 23.1 Å². The smallest absolute Gasteiger partial charge is 0.258 e. The number of hydrogen-bond donors (Lipinski definition) is 3. The van der Waals surface area contributed by atoms with E-state index in [4.69, 9.17) is 33.5 Å². The summed E-state index contributed by atoms with van der Waals surface area (Å²) in [7, 11) is 0. The molecule has 0 spiro atoms. The number of amides is 1. The maximum Gasteiger partial charge on any atom is 0.258 e. The zero-order valence-electron chi connectivity index (χ0n) is 17.3. The molecule has 0 bridgehead atoms. The highest BCUT2D eigenvalue weighted by Gasteiger charge is 2.29. The van der Waals surface area contributed by atoms with Crippen molar-refractivity contribution in [3.8, 4) is 5.75 Å². The predicted octanol–water partition coefficient (Wildman–Crippen LogP) is 2.24. The molecule has 1 aromatic heterocycles. The lowest BCUT2D eigenvalue weighted by Crippen LogP contribution is -2.30. The van der Waals surface area contributed by atoms with Crippen LogP contribution in [0.1, 0.15) is 34.0 Å². The first-order chi connectivity index (χ1) is 14.7. The Morgan fingerprint density at radius 3 is 2.61 bits per heavy atom. The normalized spacial score (nSPS) is 14.3. The zero-order chi connectivity index (χ0) is 22.7. The highest BCUT2D eigenvalue weighted by atomic mass is 35.5. The Morgan fingerprint density at radius 1 is 1.29 bits per heavy atom. The van der Waals surface area contributed by atoms with Crippen LogP contribution in [-0.2, 0) is 0 Å². The van der Waals surface area contributed by atoms with Crippen LogP contribution in [-0.4, -0.2) is 40.5 Å². The van der Waals surface area contributed by atoms with Crippen molar-refractivity contribution in [2.24, 2.45) is 17.2 Å². The molecule has 3 rings (SSSR count). The molecule has 164 valence electrons. The number of nitrogens with two attached hydrogens (primary N) is 3. The predicted molar refractivity (Wildman–Crippen MR) is 116 cm³/mol. The number of carbonyl (C=O) groups is 1. The molecule has 31 heavy (non-hydrogen) atoms. The summed E-state index contributed by atoms with van der Waals surface area (Å²) in [5.74, 6) is -0.310. The molecule has 1 amide bonds. The number of hydrogen-bond acceptors (Lipinski definition) is 7. The van der Waals surface area contributed by atoms with Gasteiger partial charge in [0.25, 0.3) is 5.91 Å². The molecule has 2 aromatic rings. The number of aromatic nitrogens is 2. The summed E-state index contributed by atoms with van der Waals surface area (Å²) in [6.07, 6.45) is 1.61. The minimum Gasteiger partial charge on any atom is -0.492 e. The summed E-state index contributed by atoms with van der Waals surface area (Å²) < 4.78 is 19.4. The van der Waals surface area contributed by atoms with Crippen molar-refractivity contribution in [2.45, 2.75) is 20.3 Å². The Kier molecular flexibility index (Phi) is 6.65. The van der Waals surface area contributed by atoms with E-state index >= 15 is 0 Å². The van der Waals surface area contributed by atoms with Crippen molar-refractivity contribution < 1.29 is 13.9 Å². The van der Waals surface area contributed by atoms with Crippen molar-refractivity contribution in [3.63, 3.8) is 0 Å². The van der Waals surface area contributed by atoms with Crippen LogP contribution in [0.15, 0.2) is 35.8 Å². The number of benzene rings is 1. The van der Waals surface area contributed by atoms with Gasteiger partial charge in [-0.2, -0.15) is 0 Å². The van der Waals surface area contributed by atoms with Crippen molar-refractivity contribution in [3.05, 3.63) is 69.4 Å². The van der Waals surface area contributed by atoms with Crippen molar-refractivity contribution in [2.75, 3.05) is 19.7 Å². The van der Waals surface area contributed by atoms with Gasteiger partial charge in [0, 0.05) is 35.7 Å².